The van der Waals surface area contributed by atoms with Gasteiger partial charge in [0.25, 0.3) is 0 Å². The van der Waals surface area contributed by atoms with Crippen LogP contribution in [-0.2, 0) is 0 Å². The normalized spacial score (nSPS) is 10.1. The summed E-state index contributed by atoms with van der Waals surface area (Å²) in [5.41, 5.74) is -0.700. The maximum Gasteiger partial charge on any atom is 0.338 e. The van der Waals surface area contributed by atoms with Gasteiger partial charge in [0.05, 0.1) is 29.1 Å². The van der Waals surface area contributed by atoms with Gasteiger partial charge in [-0.1, -0.05) is 12.1 Å². The summed E-state index contributed by atoms with van der Waals surface area (Å²) in [6.07, 6.45) is 1.97. The van der Waals surface area contributed by atoms with Crippen molar-refractivity contribution in [2.75, 3.05) is 0 Å². The standard InChI is InChI=1S/C12H7FN2O3/c13-10-4-2-1-3-7(10)11(16)8-5-14-15-6-9(8)12(17)18/h1-6H,(H,17,18). The number of carboxylic acid groups (broad SMARTS) is 1. The van der Waals surface area contributed by atoms with Gasteiger partial charge in [-0.25, -0.2) is 9.18 Å². The molecule has 1 N–H and O–H groups in total. The zero-order chi connectivity index (χ0) is 13.1. The lowest BCUT2D eigenvalue weighted by molar-refractivity contribution is 0.0692. The number of hydrogen-bond acceptors (Lipinski definition) is 4. The second-order valence-electron chi connectivity index (χ2n) is 3.43. The second kappa shape index (κ2) is 4.70. The maximum absolute atomic E-state index is 13.5. The van der Waals surface area contributed by atoms with Gasteiger partial charge in [-0.3, -0.25) is 4.79 Å². The topological polar surface area (TPSA) is 80.2 Å². The van der Waals surface area contributed by atoms with Gasteiger partial charge in [-0.2, -0.15) is 10.2 Å². The molecule has 0 fully saturated rings. The highest BCUT2D eigenvalue weighted by Crippen LogP contribution is 2.15. The fourth-order valence-electron chi connectivity index (χ4n) is 1.46. The lowest BCUT2D eigenvalue weighted by Crippen LogP contribution is -2.12. The molecule has 5 nitrogen and oxygen atoms in total. The highest BCUT2D eigenvalue weighted by atomic mass is 19.1. The van der Waals surface area contributed by atoms with Crippen LogP contribution in [0.4, 0.5) is 4.39 Å². The van der Waals surface area contributed by atoms with Crippen molar-refractivity contribution < 1.29 is 19.1 Å². The Hall–Kier alpha value is -2.63. The molecule has 0 unspecified atom stereocenters. The number of hydrogen-bond donors (Lipinski definition) is 1. The Morgan fingerprint density at radius 2 is 1.61 bits per heavy atom. The monoisotopic (exact) mass is 246 g/mol. The van der Waals surface area contributed by atoms with Crippen LogP contribution in [0.5, 0.6) is 0 Å². The van der Waals surface area contributed by atoms with Crippen LogP contribution < -0.4 is 0 Å². The van der Waals surface area contributed by atoms with E-state index in [0.29, 0.717) is 0 Å². The minimum Gasteiger partial charge on any atom is -0.478 e. The molecule has 0 radical (unpaired) electrons. The van der Waals surface area contributed by atoms with Crippen LogP contribution >= 0.6 is 0 Å². The summed E-state index contributed by atoms with van der Waals surface area (Å²) < 4.78 is 13.5. The fraction of sp³-hybridized carbons (Fsp3) is 0. The predicted molar refractivity (Wildman–Crippen MR) is 58.8 cm³/mol. The number of carboxylic acids is 1. The first kappa shape index (κ1) is 11.8. The zero-order valence-electron chi connectivity index (χ0n) is 9.00. The van der Waals surface area contributed by atoms with Crippen molar-refractivity contribution in [1.82, 2.24) is 10.2 Å². The molecule has 1 heterocycles. The van der Waals surface area contributed by atoms with Crippen molar-refractivity contribution >= 4 is 11.8 Å². The molecule has 0 aliphatic carbocycles. The SMILES string of the molecule is O=C(O)c1cnncc1C(=O)c1ccccc1F. The number of ketones is 1. The first-order valence-corrected chi connectivity index (χ1v) is 4.94. The highest BCUT2D eigenvalue weighted by molar-refractivity contribution is 6.13. The van der Waals surface area contributed by atoms with Crippen LogP contribution in [-0.4, -0.2) is 27.1 Å². The second-order valence-corrected chi connectivity index (χ2v) is 3.43. The molecular formula is C12H7FN2O3. The van der Waals surface area contributed by atoms with E-state index in [-0.39, 0.29) is 16.7 Å². The highest BCUT2D eigenvalue weighted by Gasteiger charge is 2.20. The van der Waals surface area contributed by atoms with Crippen LogP contribution in [0.2, 0.25) is 0 Å². The van der Waals surface area contributed by atoms with Gasteiger partial charge >= 0.3 is 5.97 Å². The van der Waals surface area contributed by atoms with Crippen molar-refractivity contribution in [3.63, 3.8) is 0 Å². The third-order valence-corrected chi connectivity index (χ3v) is 2.32. The molecule has 0 aliphatic rings. The van der Waals surface area contributed by atoms with Crippen molar-refractivity contribution in [1.29, 1.82) is 0 Å². The molecule has 1 aromatic heterocycles. The van der Waals surface area contributed by atoms with Gasteiger partial charge in [0, 0.05) is 0 Å². The van der Waals surface area contributed by atoms with Crippen LogP contribution in [0.1, 0.15) is 26.3 Å². The van der Waals surface area contributed by atoms with Crippen molar-refractivity contribution in [2.24, 2.45) is 0 Å². The molecule has 0 bridgehead atoms. The quantitative estimate of drug-likeness (QED) is 0.831. The number of aromatic nitrogens is 2. The molecule has 0 saturated heterocycles. The van der Waals surface area contributed by atoms with E-state index in [1.54, 1.807) is 0 Å². The van der Waals surface area contributed by atoms with Crippen molar-refractivity contribution in [3.05, 3.63) is 59.2 Å². The summed E-state index contributed by atoms with van der Waals surface area (Å²) in [5.74, 6) is -2.76. The Labute approximate surface area is 101 Å². The number of nitrogens with zero attached hydrogens (tertiary/aromatic N) is 2. The van der Waals surface area contributed by atoms with Crippen molar-refractivity contribution in [2.45, 2.75) is 0 Å². The zero-order valence-corrected chi connectivity index (χ0v) is 9.00. The van der Waals surface area contributed by atoms with Crippen LogP contribution in [0, 0.1) is 5.82 Å². The number of halogens is 1. The Morgan fingerprint density at radius 1 is 1.00 bits per heavy atom. The Bertz CT molecular complexity index is 628. The van der Waals surface area contributed by atoms with Gasteiger partial charge in [0.15, 0.2) is 5.78 Å². The third kappa shape index (κ3) is 2.08. The molecule has 0 saturated carbocycles. The maximum atomic E-state index is 13.5. The molecule has 2 rings (SSSR count). The number of aromatic carboxylic acids is 1. The van der Waals surface area contributed by atoms with Gasteiger partial charge in [0.2, 0.25) is 0 Å². The summed E-state index contributed by atoms with van der Waals surface area (Å²) in [6.45, 7) is 0. The first-order valence-electron chi connectivity index (χ1n) is 4.94. The van der Waals surface area contributed by atoms with E-state index in [9.17, 15) is 14.0 Å². The minimum absolute atomic E-state index is 0.192. The summed E-state index contributed by atoms with van der Waals surface area (Å²) in [5, 5.41) is 15.8. The molecule has 6 heteroatoms. The Kier molecular flexibility index (Phi) is 3.09. The van der Waals surface area contributed by atoms with E-state index in [4.69, 9.17) is 5.11 Å². The lowest BCUT2D eigenvalue weighted by Gasteiger charge is -2.04. The van der Waals surface area contributed by atoms with Gasteiger partial charge in [0.1, 0.15) is 5.82 Å². The summed E-state index contributed by atoms with van der Waals surface area (Å²) in [7, 11) is 0. The lowest BCUT2D eigenvalue weighted by atomic mass is 10.0. The average molecular weight is 246 g/mol. The third-order valence-electron chi connectivity index (χ3n) is 2.32. The molecule has 0 aliphatic heterocycles. The van der Waals surface area contributed by atoms with Crippen LogP contribution in [0.15, 0.2) is 36.7 Å². The largest absolute Gasteiger partial charge is 0.478 e. The minimum atomic E-state index is -1.32. The van der Waals surface area contributed by atoms with E-state index in [1.165, 1.54) is 18.2 Å². The molecule has 1 aromatic carbocycles. The first-order chi connectivity index (χ1) is 8.61. The molecule has 0 spiro atoms. The van der Waals surface area contributed by atoms with E-state index >= 15 is 0 Å². The molecule has 0 amide bonds. The number of benzene rings is 1. The van der Waals surface area contributed by atoms with Crippen LogP contribution in [0.25, 0.3) is 0 Å². The molecule has 0 atom stereocenters. The molecule has 2 aromatic rings. The fourth-order valence-corrected chi connectivity index (χ4v) is 1.46. The van der Waals surface area contributed by atoms with E-state index in [0.717, 1.165) is 18.5 Å². The number of rotatable bonds is 3. The smallest absolute Gasteiger partial charge is 0.338 e. The van der Waals surface area contributed by atoms with Crippen molar-refractivity contribution in [3.8, 4) is 0 Å². The van der Waals surface area contributed by atoms with Gasteiger partial charge in [-0.15, -0.1) is 0 Å². The molecular weight excluding hydrogens is 239 g/mol. The van der Waals surface area contributed by atoms with E-state index in [1.807, 2.05) is 0 Å². The Morgan fingerprint density at radius 3 is 2.22 bits per heavy atom. The molecule has 90 valence electrons. The van der Waals surface area contributed by atoms with Gasteiger partial charge < -0.3 is 5.11 Å². The van der Waals surface area contributed by atoms with Gasteiger partial charge in [-0.05, 0) is 12.1 Å². The number of carbonyl (C=O) groups is 2. The predicted octanol–water partition coefficient (Wildman–Crippen LogP) is 1.54. The van der Waals surface area contributed by atoms with Crippen LogP contribution in [0.3, 0.4) is 0 Å². The molecule has 18 heavy (non-hydrogen) atoms. The summed E-state index contributed by atoms with van der Waals surface area (Å²) >= 11 is 0. The average Bonchev–Trinajstić information content (AvgIpc) is 2.38. The Balaban J connectivity index is 2.54. The number of carbonyl (C=O) groups excluding carboxylic acids is 1. The summed E-state index contributed by atoms with van der Waals surface area (Å²) in [6, 6.07) is 5.34. The summed E-state index contributed by atoms with van der Waals surface area (Å²) in [4.78, 5) is 22.9. The van der Waals surface area contributed by atoms with E-state index < -0.39 is 17.6 Å². The van der Waals surface area contributed by atoms with E-state index in [2.05, 4.69) is 10.2 Å².